The molecular formula is C80H70Cl13N25O10S2. The number of hydrogen-bond donors (Lipinski definition) is 7. The molecule has 0 bridgehead atoms. The highest BCUT2D eigenvalue weighted by atomic mass is 35.5. The Bertz CT molecular complexity index is 6300. The van der Waals surface area contributed by atoms with Gasteiger partial charge in [-0.3, -0.25) is 4.79 Å². The highest BCUT2D eigenvalue weighted by Gasteiger charge is 2.31. The van der Waals surface area contributed by atoms with Gasteiger partial charge in [-0.15, -0.1) is 0 Å². The Morgan fingerprint density at radius 1 is 0.338 bits per heavy atom. The summed E-state index contributed by atoms with van der Waals surface area (Å²) in [5.74, 6) is 7.95. The molecule has 0 saturated carbocycles. The van der Waals surface area contributed by atoms with Gasteiger partial charge in [-0.2, -0.15) is 69.8 Å². The van der Waals surface area contributed by atoms with E-state index in [0.717, 1.165) is 39.8 Å². The molecule has 7 aromatic carbocycles. The van der Waals surface area contributed by atoms with Gasteiger partial charge < -0.3 is 82.8 Å². The van der Waals surface area contributed by atoms with Crippen LogP contribution in [0.25, 0.3) is 79.7 Å². The molecule has 0 spiro atoms. The van der Waals surface area contributed by atoms with E-state index in [1.807, 2.05) is 13.2 Å². The summed E-state index contributed by atoms with van der Waals surface area (Å²) < 4.78 is 47.8. The Morgan fingerprint density at radius 2 is 0.646 bits per heavy atom. The zero-order valence-corrected chi connectivity index (χ0v) is 80.4. The predicted octanol–water partition coefficient (Wildman–Crippen LogP) is 18.4. The van der Waals surface area contributed by atoms with Gasteiger partial charge in [-0.25, -0.2) is 19.9 Å². The summed E-state index contributed by atoms with van der Waals surface area (Å²) in [6, 6.07) is 16.6. The first-order valence-electron chi connectivity index (χ1n) is 37.7. The van der Waals surface area contributed by atoms with Crippen molar-refractivity contribution in [3.63, 3.8) is 0 Å². The number of anilines is 6. The number of amides is 1. The third-order valence-corrected chi connectivity index (χ3v) is 23.7. The lowest BCUT2D eigenvalue weighted by Gasteiger charge is -2.12. The minimum absolute atomic E-state index is 0.0237. The normalized spacial score (nSPS) is 12.1. The highest BCUT2D eigenvalue weighted by molar-refractivity contribution is 7.99. The van der Waals surface area contributed by atoms with Crippen LogP contribution in [0.1, 0.15) is 46.5 Å². The number of nitrogens with zero attached hydrogens (tertiary/aromatic N) is 18. The Morgan fingerprint density at radius 3 is 1.02 bits per heavy atom. The van der Waals surface area contributed by atoms with Gasteiger partial charge in [0.15, 0.2) is 51.1 Å². The van der Waals surface area contributed by atoms with E-state index >= 15 is 0 Å². The van der Waals surface area contributed by atoms with E-state index < -0.39 is 0 Å². The number of nitrogen functional groups attached to an aromatic ring is 6. The molecule has 0 aliphatic carbocycles. The van der Waals surface area contributed by atoms with Crippen molar-refractivity contribution in [3.05, 3.63) is 160 Å². The van der Waals surface area contributed by atoms with Crippen molar-refractivity contribution >= 4 is 216 Å². The fourth-order valence-electron chi connectivity index (χ4n) is 12.9. The van der Waals surface area contributed by atoms with Crippen molar-refractivity contribution in [2.75, 3.05) is 108 Å². The average molecular weight is 2070 g/mol. The number of ether oxygens (including phenoxy) is 9. The summed E-state index contributed by atoms with van der Waals surface area (Å²) in [4.78, 5) is 85.4. The van der Waals surface area contributed by atoms with Gasteiger partial charge in [0.05, 0.1) is 127 Å². The van der Waals surface area contributed by atoms with E-state index in [4.69, 9.17) is 234 Å². The summed E-state index contributed by atoms with van der Waals surface area (Å²) in [5.41, 5.74) is 48.3. The van der Waals surface area contributed by atoms with Gasteiger partial charge in [-0.1, -0.05) is 174 Å². The van der Waals surface area contributed by atoms with Gasteiger partial charge in [0, 0.05) is 99.1 Å². The number of carbonyl (C=O) groups is 1. The number of halogens is 13. The number of hydrogen-bond acceptors (Lipinski definition) is 36. The molecule has 0 saturated heterocycles. The van der Waals surface area contributed by atoms with E-state index in [9.17, 15) is 4.79 Å². The summed E-state index contributed by atoms with van der Waals surface area (Å²) in [7, 11) is 7.47. The van der Waals surface area contributed by atoms with Crippen molar-refractivity contribution in [2.24, 2.45) is 5.73 Å². The number of carbonyl (C=O) groups excluding carboxylic acids is 1. The third-order valence-electron chi connectivity index (χ3n) is 18.4. The van der Waals surface area contributed by atoms with Gasteiger partial charge in [-0.05, 0) is 92.8 Å². The number of thioether (sulfide) groups is 2. The SMILES string of the molecule is COc1cc(-c2nc(N)nc(-c3cc(OC)c(Cl)cc3Cl)n2)c(Cl)cc1C.COc1nc(N)nc(-c2c(Cl)cc(Cl)c3c2CCO3)n1.COc1nc(N)nc(-c2cc(OC)c(Cl)cc2Cl)n1.CSc1nc(N)nc(-c2c(Cl)cc(Cl)c3c2CCO3)n1.Cc1nc(N)nc(-c2c(Cl)cc(Cl)c3c2CCO3)n1.NC(=O)CCCSc1nc(N)nc(-c2c(Cl)cc(Cl)c3c2CCO3)n1. The van der Waals surface area contributed by atoms with Crippen LogP contribution in [-0.2, 0) is 30.5 Å². The van der Waals surface area contributed by atoms with Gasteiger partial charge >= 0.3 is 12.0 Å². The molecule has 4 aliphatic rings. The number of aryl methyl sites for hydroxylation is 2. The van der Waals surface area contributed by atoms with Crippen LogP contribution in [0.2, 0.25) is 65.3 Å². The second-order valence-corrected chi connectivity index (χ2v) is 34.0. The number of primary amides is 1. The first-order valence-corrected chi connectivity index (χ1v) is 44.8. The molecule has 14 N–H and O–H groups in total. The van der Waals surface area contributed by atoms with Crippen LogP contribution in [0, 0.1) is 13.8 Å². The Balaban J connectivity index is 0.000000142. The molecule has 35 nitrogen and oxygen atoms in total. The van der Waals surface area contributed by atoms with Crippen LogP contribution in [0.4, 0.5) is 35.7 Å². The molecule has 678 valence electrons. The summed E-state index contributed by atoms with van der Waals surface area (Å²) >= 11 is 83.4. The van der Waals surface area contributed by atoms with Gasteiger partial charge in [0.1, 0.15) is 46.1 Å². The third kappa shape index (κ3) is 23.5. The van der Waals surface area contributed by atoms with Crippen molar-refractivity contribution in [1.29, 1.82) is 0 Å². The Hall–Kier alpha value is -10.5. The highest BCUT2D eigenvalue weighted by Crippen LogP contribution is 2.49. The van der Waals surface area contributed by atoms with E-state index in [0.29, 0.717) is 248 Å². The van der Waals surface area contributed by atoms with Crippen LogP contribution in [0.3, 0.4) is 0 Å². The molecule has 0 unspecified atom stereocenters. The zero-order chi connectivity index (χ0) is 93.8. The molecule has 50 heteroatoms. The molecule has 130 heavy (non-hydrogen) atoms. The molecule has 10 heterocycles. The monoisotopic (exact) mass is 2060 g/mol. The van der Waals surface area contributed by atoms with Crippen molar-refractivity contribution in [3.8, 4) is 132 Å². The summed E-state index contributed by atoms with van der Waals surface area (Å²) in [6.45, 7) is 5.85. The van der Waals surface area contributed by atoms with Crippen molar-refractivity contribution < 1.29 is 47.4 Å². The smallest absolute Gasteiger partial charge is 0.321 e. The van der Waals surface area contributed by atoms with Gasteiger partial charge in [0.25, 0.3) is 0 Å². The Kier molecular flexibility index (Phi) is 33.5. The molecule has 0 radical (unpaired) electrons. The molecule has 0 atom stereocenters. The maximum Gasteiger partial charge on any atom is 0.321 e. The molecular weight excluding hydrogens is 2000 g/mol. The molecule has 17 rings (SSSR count). The predicted molar refractivity (Wildman–Crippen MR) is 509 cm³/mol. The standard InChI is InChI=1S/C18H15Cl3N4O2.C15H15Cl2N5O2S.C12H10Cl2N4O2.C12H10Cl2N4OS.C12H10Cl2N4O.C11H10Cl2N4O2/c1-8-4-11(19)9(5-14(8)26-2)16-23-17(25-18(22)24-16)10-6-15(27-3)13(21)7-12(10)20;16-8-6-9(17)12-7(3-4-24-12)11(8)13-20-14(19)22-15(21-13)25-5-1-2-10(18)23;1-19-12-17-10(16-11(15)18-12)8-5-2-3-20-9(5)7(14)4-6(8)13;1-20-12-17-10(16-11(15)18-12)8-5-2-3-19-9(5)7(14)4-6(8)13;1-5-16-11(18-12(15)17-5)9-6-2-3-19-10(6)8(14)4-7(9)13;1-18-8-3-5(6(12)4-7(8)13)9-15-10(14)17-11(16-9)19-2/h4-7H,1-3H3,(H2,22,23,24,25);6H,1-5H2,(H2,18,23)(H2,19,20,21,22);2*4H,2-3H2,1H3,(H2,15,16,17,18);4H,2-3H2,1H3,(H2,15,16,17,18);3-4H,1-2H3,(H2,14,15,16,17). The molecule has 0 fully saturated rings. The van der Waals surface area contributed by atoms with Crippen LogP contribution < -0.4 is 82.8 Å². The van der Waals surface area contributed by atoms with E-state index in [-0.39, 0.29) is 65.3 Å². The van der Waals surface area contributed by atoms with Gasteiger partial charge in [0.2, 0.25) is 41.6 Å². The number of benzene rings is 7. The number of fused-ring (bicyclic) bond motifs is 4. The fraction of sp³-hybridized carbons (Fsp3) is 0.237. The minimum Gasteiger partial charge on any atom is -0.496 e. The second-order valence-electron chi connectivity index (χ2n) is 26.9. The lowest BCUT2D eigenvalue weighted by atomic mass is 10.0. The lowest BCUT2D eigenvalue weighted by Crippen LogP contribution is -2.10. The van der Waals surface area contributed by atoms with Crippen LogP contribution in [-0.4, -0.2) is 170 Å². The van der Waals surface area contributed by atoms with Crippen molar-refractivity contribution in [2.45, 2.75) is 62.7 Å². The number of methoxy groups -OCH3 is 5. The van der Waals surface area contributed by atoms with Crippen molar-refractivity contribution in [1.82, 2.24) is 89.7 Å². The fourth-order valence-corrected chi connectivity index (χ4v) is 18.0. The topological polar surface area (TPSA) is 514 Å². The van der Waals surface area contributed by atoms with E-state index in [1.165, 1.54) is 52.0 Å². The Labute approximate surface area is 814 Å². The molecule has 1 amide bonds. The molecule has 4 aliphatic heterocycles. The number of rotatable bonds is 18. The van der Waals surface area contributed by atoms with E-state index in [1.54, 1.807) is 74.7 Å². The minimum atomic E-state index is -0.333. The average Bonchev–Trinajstić information content (AvgIpc) is 1.55. The summed E-state index contributed by atoms with van der Waals surface area (Å²) in [6.07, 6.45) is 5.59. The van der Waals surface area contributed by atoms with Crippen LogP contribution in [0.15, 0.2) is 71.0 Å². The maximum absolute atomic E-state index is 10.8. The number of nitrogens with two attached hydrogens (primary N) is 7. The zero-order valence-electron chi connectivity index (χ0n) is 69.0. The quantitative estimate of drug-likeness (QED) is 0.0310. The van der Waals surface area contributed by atoms with Crippen LogP contribution >= 0.6 is 174 Å². The maximum atomic E-state index is 10.8. The molecule has 6 aromatic heterocycles. The number of aromatic nitrogens is 18. The molecule has 13 aromatic rings. The largest absolute Gasteiger partial charge is 0.496 e. The van der Waals surface area contributed by atoms with Crippen LogP contribution in [0.5, 0.6) is 52.3 Å². The first kappa shape index (κ1) is 98.6. The first-order chi connectivity index (χ1) is 62.1. The van der Waals surface area contributed by atoms with E-state index in [2.05, 4.69) is 89.7 Å². The lowest BCUT2D eigenvalue weighted by molar-refractivity contribution is -0.118. The second kappa shape index (κ2) is 44.2. The summed E-state index contributed by atoms with van der Waals surface area (Å²) in [5, 5.41) is 6.74.